The van der Waals surface area contributed by atoms with Gasteiger partial charge in [0.25, 0.3) is 0 Å². The van der Waals surface area contributed by atoms with Gasteiger partial charge in [0.15, 0.2) is 0 Å². The molecule has 0 saturated carbocycles. The van der Waals surface area contributed by atoms with E-state index in [0.717, 1.165) is 70.5 Å². The van der Waals surface area contributed by atoms with Crippen LogP contribution in [0, 0.1) is 0 Å². The number of benzene rings is 2. The maximum atomic E-state index is 13.9. The molecule has 2 rings (SSSR count). The number of hydrogen-bond acceptors (Lipinski definition) is 5. The van der Waals surface area contributed by atoms with E-state index in [2.05, 4.69) is 13.8 Å². The van der Waals surface area contributed by atoms with Crippen LogP contribution >= 0.6 is 0 Å². The first-order chi connectivity index (χ1) is 17.1. The van der Waals surface area contributed by atoms with Crippen molar-refractivity contribution in [2.45, 2.75) is 90.9 Å². The van der Waals surface area contributed by atoms with Crippen molar-refractivity contribution >= 4 is 36.7 Å². The third-order valence-electron chi connectivity index (χ3n) is 6.43. The molecule has 0 unspecified atom stereocenters. The predicted octanol–water partition coefficient (Wildman–Crippen LogP) is 6.58. The van der Waals surface area contributed by atoms with Crippen LogP contribution in [0.1, 0.15) is 90.9 Å². The molecule has 2 aromatic rings. The fourth-order valence-corrected chi connectivity index (χ4v) is 8.00. The van der Waals surface area contributed by atoms with Gasteiger partial charge in [0.2, 0.25) is 10.0 Å². The lowest BCUT2D eigenvalue weighted by Crippen LogP contribution is -2.47. The number of anilines is 1. The van der Waals surface area contributed by atoms with Crippen molar-refractivity contribution in [3.8, 4) is 5.75 Å². The zero-order valence-corrected chi connectivity index (χ0v) is 23.8. The van der Waals surface area contributed by atoms with Crippen LogP contribution in [0.3, 0.4) is 0 Å². The maximum absolute atomic E-state index is 13.9. The molecule has 0 atom stereocenters. The van der Waals surface area contributed by atoms with Gasteiger partial charge in [0.1, 0.15) is 5.75 Å². The molecular weight excluding hydrogens is 496 g/mol. The van der Waals surface area contributed by atoms with Gasteiger partial charge in [-0.1, -0.05) is 102 Å². The summed E-state index contributed by atoms with van der Waals surface area (Å²) in [6.45, 7) is 4.88. The number of rotatable bonds is 18. The van der Waals surface area contributed by atoms with E-state index in [1.807, 2.05) is 0 Å². The molecule has 0 aromatic heterocycles. The van der Waals surface area contributed by atoms with Crippen molar-refractivity contribution in [1.29, 1.82) is 0 Å². The minimum atomic E-state index is -4.38. The summed E-state index contributed by atoms with van der Waals surface area (Å²) >= 11 is 0. The van der Waals surface area contributed by atoms with E-state index >= 15 is 0 Å². The van der Waals surface area contributed by atoms with Gasteiger partial charge in [-0.05, 0) is 25.0 Å². The van der Waals surface area contributed by atoms with E-state index in [1.165, 1.54) is 16.4 Å². The van der Waals surface area contributed by atoms with Gasteiger partial charge >= 0.3 is 10.2 Å². The first kappa shape index (κ1) is 30.4. The smallest absolute Gasteiger partial charge is 0.317 e. The molecule has 0 aliphatic heterocycles. The van der Waals surface area contributed by atoms with Crippen LogP contribution in [0.5, 0.6) is 5.75 Å². The zero-order valence-electron chi connectivity index (χ0n) is 22.2. The highest BCUT2D eigenvalue weighted by Gasteiger charge is 2.37. The van der Waals surface area contributed by atoms with Gasteiger partial charge in [-0.15, -0.1) is 0 Å². The minimum absolute atomic E-state index is 0.0294. The lowest BCUT2D eigenvalue weighted by Gasteiger charge is -2.30. The van der Waals surface area contributed by atoms with Crippen molar-refractivity contribution in [3.63, 3.8) is 0 Å². The van der Waals surface area contributed by atoms with Gasteiger partial charge in [-0.25, -0.2) is 8.42 Å². The molecule has 7 nitrogen and oxygen atoms in total. The Morgan fingerprint density at radius 3 is 1.67 bits per heavy atom. The summed E-state index contributed by atoms with van der Waals surface area (Å²) in [6.07, 6.45) is 13.0. The van der Waals surface area contributed by atoms with E-state index < -0.39 is 20.2 Å². The molecule has 0 saturated heterocycles. The zero-order chi connectivity index (χ0) is 26.6. The number of fused-ring (bicyclic) bond motifs is 1. The summed E-state index contributed by atoms with van der Waals surface area (Å²) in [5.41, 5.74) is 0.0294. The number of nitrogens with zero attached hydrogens (tertiary/aromatic N) is 2. The fourth-order valence-electron chi connectivity index (χ4n) is 4.49. The Hall–Kier alpha value is -1.84. The van der Waals surface area contributed by atoms with Crippen LogP contribution < -0.4 is 3.71 Å². The molecule has 0 aliphatic carbocycles. The van der Waals surface area contributed by atoms with Crippen LogP contribution in [0.2, 0.25) is 0 Å². The van der Waals surface area contributed by atoms with Gasteiger partial charge in [-0.3, -0.25) is 0 Å². The Kier molecular flexibility index (Phi) is 12.5. The molecule has 204 valence electrons. The monoisotopic (exact) mass is 540 g/mol. The van der Waals surface area contributed by atoms with E-state index in [0.29, 0.717) is 27.3 Å². The summed E-state index contributed by atoms with van der Waals surface area (Å²) in [5, 5.41) is 11.0. The van der Waals surface area contributed by atoms with Crippen LogP contribution in [0.25, 0.3) is 10.8 Å². The molecule has 0 amide bonds. The summed E-state index contributed by atoms with van der Waals surface area (Å²) in [6, 6.07) is 9.40. The Morgan fingerprint density at radius 2 is 1.14 bits per heavy atom. The normalized spacial score (nSPS) is 12.4. The van der Waals surface area contributed by atoms with Gasteiger partial charge in [-0.2, -0.15) is 16.4 Å². The number of phenols is 1. The molecule has 1 N–H and O–H groups in total. The largest absolute Gasteiger partial charge is 0.507 e. The van der Waals surface area contributed by atoms with Crippen LogP contribution in [0.15, 0.2) is 36.4 Å². The van der Waals surface area contributed by atoms with Crippen LogP contribution in [-0.4, -0.2) is 45.6 Å². The molecule has 2 aromatic carbocycles. The Labute approximate surface area is 218 Å². The highest BCUT2D eigenvalue weighted by molar-refractivity contribution is 8.08. The SMILES string of the molecule is CCCCCCCCN(CCCCCCCC)S(=O)(=O)N(c1cccc2c(O)cccc12)S(C)(=O)=O. The topological polar surface area (TPSA) is 95.0 Å². The van der Waals surface area contributed by atoms with Crippen molar-refractivity contribution < 1.29 is 21.9 Å². The Balaban J connectivity index is 2.36. The third kappa shape index (κ3) is 8.63. The van der Waals surface area contributed by atoms with Gasteiger partial charge in [0, 0.05) is 23.9 Å². The van der Waals surface area contributed by atoms with Gasteiger partial charge in [0.05, 0.1) is 11.9 Å². The molecule has 0 bridgehead atoms. The number of aromatic hydroxyl groups is 1. The van der Waals surface area contributed by atoms with Gasteiger partial charge < -0.3 is 5.11 Å². The lowest BCUT2D eigenvalue weighted by atomic mass is 10.1. The molecule has 0 fully saturated rings. The Bertz CT molecular complexity index is 1130. The molecule has 36 heavy (non-hydrogen) atoms. The number of sulfonamides is 1. The standard InChI is InChI=1S/C27H44N2O5S2/c1-4-6-8-10-12-14-22-28(23-15-13-11-9-7-5-2)36(33,34)29(35(3,31)32)26-20-16-19-25-24(26)18-17-21-27(25)30/h16-21,30H,4-15,22-23H2,1-3H3. The summed E-state index contributed by atoms with van der Waals surface area (Å²) < 4.78 is 55.7. The first-order valence-electron chi connectivity index (χ1n) is 13.4. The highest BCUT2D eigenvalue weighted by atomic mass is 32.3. The molecule has 0 aliphatic rings. The number of phenolic OH excluding ortho intramolecular Hbond substituents is 1. The summed E-state index contributed by atoms with van der Waals surface area (Å²) in [7, 11) is -8.56. The molecule has 9 heteroatoms. The minimum Gasteiger partial charge on any atom is -0.507 e. The third-order valence-corrected chi connectivity index (χ3v) is 10.2. The molecular formula is C27H44N2O5S2. The predicted molar refractivity (Wildman–Crippen MR) is 150 cm³/mol. The van der Waals surface area contributed by atoms with E-state index in [-0.39, 0.29) is 24.5 Å². The molecule has 0 radical (unpaired) electrons. The van der Waals surface area contributed by atoms with E-state index in [9.17, 15) is 21.9 Å². The Morgan fingerprint density at radius 1 is 0.667 bits per heavy atom. The van der Waals surface area contributed by atoms with Crippen molar-refractivity contribution in [2.75, 3.05) is 23.1 Å². The summed E-state index contributed by atoms with van der Waals surface area (Å²) in [4.78, 5) is 0. The van der Waals surface area contributed by atoms with E-state index in [1.54, 1.807) is 24.3 Å². The first-order valence-corrected chi connectivity index (χ1v) is 16.6. The fraction of sp³-hybridized carbons (Fsp3) is 0.630. The van der Waals surface area contributed by atoms with Crippen LogP contribution in [-0.2, 0) is 20.2 Å². The average molecular weight is 541 g/mol. The number of unbranched alkanes of at least 4 members (excludes halogenated alkanes) is 10. The average Bonchev–Trinajstić information content (AvgIpc) is 2.81. The van der Waals surface area contributed by atoms with Crippen molar-refractivity contribution in [1.82, 2.24) is 4.31 Å². The van der Waals surface area contributed by atoms with Crippen molar-refractivity contribution in [3.05, 3.63) is 36.4 Å². The highest BCUT2D eigenvalue weighted by Crippen LogP contribution is 2.35. The second kappa shape index (κ2) is 14.8. The van der Waals surface area contributed by atoms with E-state index in [4.69, 9.17) is 0 Å². The second-order valence-corrected chi connectivity index (χ2v) is 13.4. The van der Waals surface area contributed by atoms with Crippen LogP contribution in [0.4, 0.5) is 5.69 Å². The second-order valence-electron chi connectivity index (χ2n) is 9.55. The van der Waals surface area contributed by atoms with Crippen molar-refractivity contribution in [2.24, 2.45) is 0 Å². The summed E-state index contributed by atoms with van der Waals surface area (Å²) in [5.74, 6) is -0.0313. The number of hydrogen-bond donors (Lipinski definition) is 1. The maximum Gasteiger partial charge on any atom is 0.317 e. The quantitative estimate of drug-likeness (QED) is 0.216. The lowest BCUT2D eigenvalue weighted by molar-refractivity contribution is 0.384. The molecule has 0 spiro atoms. The molecule has 0 heterocycles.